The topological polar surface area (TPSA) is 15.3 Å². The van der Waals surface area contributed by atoms with E-state index in [9.17, 15) is 0 Å². The van der Waals surface area contributed by atoms with E-state index >= 15 is 0 Å². The fourth-order valence-electron chi connectivity index (χ4n) is 2.19. The van der Waals surface area contributed by atoms with E-state index in [1.807, 2.05) is 0 Å². The third-order valence-electron chi connectivity index (χ3n) is 3.32. The van der Waals surface area contributed by atoms with Gasteiger partial charge in [0.2, 0.25) is 0 Å². The first kappa shape index (κ1) is 15.5. The molecular weight excluding hydrogens is 332 g/mol. The van der Waals surface area contributed by atoms with Crippen molar-refractivity contribution in [1.82, 2.24) is 5.32 Å². The number of nitrogens with zero attached hydrogens (tertiary/aromatic N) is 1. The molecule has 108 valence electrons. The van der Waals surface area contributed by atoms with Crippen LogP contribution >= 0.6 is 27.3 Å². The lowest BCUT2D eigenvalue weighted by Gasteiger charge is -2.21. The Balaban J connectivity index is 1.84. The second-order valence-electron chi connectivity index (χ2n) is 4.67. The van der Waals surface area contributed by atoms with Crippen molar-refractivity contribution in [2.45, 2.75) is 26.9 Å². The van der Waals surface area contributed by atoms with Crippen LogP contribution in [0.3, 0.4) is 0 Å². The van der Waals surface area contributed by atoms with Crippen LogP contribution in [0.5, 0.6) is 0 Å². The van der Waals surface area contributed by atoms with Gasteiger partial charge in [0.1, 0.15) is 0 Å². The van der Waals surface area contributed by atoms with Crippen molar-refractivity contribution in [3.05, 3.63) is 50.6 Å². The predicted octanol–water partition coefficient (Wildman–Crippen LogP) is 4.65. The van der Waals surface area contributed by atoms with E-state index in [0.717, 1.165) is 26.2 Å². The van der Waals surface area contributed by atoms with Crippen molar-refractivity contribution >= 4 is 33.0 Å². The maximum Gasteiger partial charge on any atom is 0.0366 e. The summed E-state index contributed by atoms with van der Waals surface area (Å²) in [5.74, 6) is 0. The highest BCUT2D eigenvalue weighted by atomic mass is 79.9. The summed E-state index contributed by atoms with van der Waals surface area (Å²) >= 11 is 5.26. The van der Waals surface area contributed by atoms with Crippen LogP contribution in [0.4, 0.5) is 5.69 Å². The second-order valence-corrected chi connectivity index (χ2v) is 6.58. The molecule has 1 aromatic carbocycles. The Labute approximate surface area is 133 Å². The molecule has 2 rings (SSSR count). The average Bonchev–Trinajstić information content (AvgIpc) is 2.87. The Morgan fingerprint density at radius 3 is 2.35 bits per heavy atom. The number of halogens is 1. The highest BCUT2D eigenvalue weighted by molar-refractivity contribution is 9.10. The van der Waals surface area contributed by atoms with E-state index < -0.39 is 0 Å². The normalized spacial score (nSPS) is 10.8. The molecular formula is C16H21BrN2S. The van der Waals surface area contributed by atoms with E-state index in [0.29, 0.717) is 0 Å². The van der Waals surface area contributed by atoms with E-state index in [-0.39, 0.29) is 0 Å². The number of benzene rings is 1. The van der Waals surface area contributed by atoms with Gasteiger partial charge in [-0.2, -0.15) is 0 Å². The number of hydrogen-bond acceptors (Lipinski definition) is 3. The molecule has 0 fully saturated rings. The van der Waals surface area contributed by atoms with Gasteiger partial charge in [0, 0.05) is 46.6 Å². The molecule has 0 atom stereocenters. The largest absolute Gasteiger partial charge is 0.372 e. The summed E-state index contributed by atoms with van der Waals surface area (Å²) in [5.41, 5.74) is 2.64. The molecule has 0 saturated carbocycles. The minimum absolute atomic E-state index is 0.911. The molecule has 0 amide bonds. The molecule has 0 saturated heterocycles. The third kappa shape index (κ3) is 4.33. The van der Waals surface area contributed by atoms with E-state index in [2.05, 4.69) is 75.7 Å². The van der Waals surface area contributed by atoms with Crippen molar-refractivity contribution in [1.29, 1.82) is 0 Å². The van der Waals surface area contributed by atoms with Gasteiger partial charge in [-0.25, -0.2) is 0 Å². The summed E-state index contributed by atoms with van der Waals surface area (Å²) in [6, 6.07) is 11.0. The fourth-order valence-corrected chi connectivity index (χ4v) is 3.61. The fraction of sp³-hybridized carbons (Fsp3) is 0.375. The zero-order valence-corrected chi connectivity index (χ0v) is 14.4. The van der Waals surface area contributed by atoms with Crippen molar-refractivity contribution in [3.63, 3.8) is 0 Å². The SMILES string of the molecule is CCN(CC)c1ccc(CNCc2cc(Br)cs2)cc1. The molecule has 1 heterocycles. The van der Waals surface area contributed by atoms with Gasteiger partial charge < -0.3 is 10.2 Å². The van der Waals surface area contributed by atoms with Gasteiger partial charge in [-0.3, -0.25) is 0 Å². The predicted molar refractivity (Wildman–Crippen MR) is 92.6 cm³/mol. The summed E-state index contributed by atoms with van der Waals surface area (Å²) in [6.07, 6.45) is 0. The minimum atomic E-state index is 0.911. The molecule has 2 aromatic rings. The molecule has 4 heteroatoms. The maximum absolute atomic E-state index is 3.48. The van der Waals surface area contributed by atoms with Gasteiger partial charge in [-0.1, -0.05) is 12.1 Å². The summed E-state index contributed by atoms with van der Waals surface area (Å²) in [7, 11) is 0. The van der Waals surface area contributed by atoms with E-state index in [1.54, 1.807) is 11.3 Å². The Bertz CT molecular complexity index is 518. The first-order valence-electron chi connectivity index (χ1n) is 7.00. The number of nitrogens with one attached hydrogen (secondary N) is 1. The van der Waals surface area contributed by atoms with Crippen molar-refractivity contribution < 1.29 is 0 Å². The molecule has 0 aliphatic carbocycles. The zero-order valence-electron chi connectivity index (χ0n) is 12.0. The minimum Gasteiger partial charge on any atom is -0.372 e. The zero-order chi connectivity index (χ0) is 14.4. The summed E-state index contributed by atoms with van der Waals surface area (Å²) < 4.78 is 1.17. The molecule has 0 spiro atoms. The lowest BCUT2D eigenvalue weighted by molar-refractivity contribution is 0.700. The van der Waals surface area contributed by atoms with Crippen molar-refractivity contribution in [2.75, 3.05) is 18.0 Å². The first-order valence-corrected chi connectivity index (χ1v) is 8.67. The van der Waals surface area contributed by atoms with Gasteiger partial charge >= 0.3 is 0 Å². The quantitative estimate of drug-likeness (QED) is 0.780. The second kappa shape index (κ2) is 7.81. The van der Waals surface area contributed by atoms with Crippen LogP contribution in [0.1, 0.15) is 24.3 Å². The highest BCUT2D eigenvalue weighted by Crippen LogP contribution is 2.19. The van der Waals surface area contributed by atoms with Gasteiger partial charge in [-0.05, 0) is 53.5 Å². The summed E-state index contributed by atoms with van der Waals surface area (Å²) in [4.78, 5) is 3.72. The van der Waals surface area contributed by atoms with Crippen LogP contribution in [0.2, 0.25) is 0 Å². The Morgan fingerprint density at radius 2 is 1.80 bits per heavy atom. The molecule has 0 unspecified atom stereocenters. The van der Waals surface area contributed by atoms with Gasteiger partial charge in [-0.15, -0.1) is 11.3 Å². The summed E-state index contributed by atoms with van der Waals surface area (Å²) in [6.45, 7) is 8.33. The van der Waals surface area contributed by atoms with Crippen LogP contribution in [0.25, 0.3) is 0 Å². The monoisotopic (exact) mass is 352 g/mol. The van der Waals surface area contributed by atoms with Gasteiger partial charge in [0.05, 0.1) is 0 Å². The Kier molecular flexibility index (Phi) is 6.07. The molecule has 20 heavy (non-hydrogen) atoms. The molecule has 1 N–H and O–H groups in total. The lowest BCUT2D eigenvalue weighted by Crippen LogP contribution is -2.21. The number of thiophene rings is 1. The standard InChI is InChI=1S/C16H21BrN2S/c1-3-19(4-2)15-7-5-13(6-8-15)10-18-11-16-9-14(17)12-20-16/h5-9,12,18H,3-4,10-11H2,1-2H3. The van der Waals surface area contributed by atoms with E-state index in [4.69, 9.17) is 0 Å². The summed E-state index contributed by atoms with van der Waals surface area (Å²) in [5, 5.41) is 5.60. The first-order chi connectivity index (χ1) is 9.72. The van der Waals surface area contributed by atoms with Crippen LogP contribution < -0.4 is 10.2 Å². The van der Waals surface area contributed by atoms with Crippen molar-refractivity contribution in [3.8, 4) is 0 Å². The number of anilines is 1. The van der Waals surface area contributed by atoms with Crippen LogP contribution in [-0.2, 0) is 13.1 Å². The van der Waals surface area contributed by atoms with Crippen LogP contribution in [-0.4, -0.2) is 13.1 Å². The number of hydrogen-bond donors (Lipinski definition) is 1. The Hall–Kier alpha value is -0.840. The van der Waals surface area contributed by atoms with E-state index in [1.165, 1.54) is 20.6 Å². The molecule has 0 aliphatic rings. The highest BCUT2D eigenvalue weighted by Gasteiger charge is 2.02. The van der Waals surface area contributed by atoms with Crippen molar-refractivity contribution in [2.24, 2.45) is 0 Å². The maximum atomic E-state index is 3.48. The number of rotatable bonds is 7. The molecule has 0 aliphatic heterocycles. The van der Waals surface area contributed by atoms with Crippen LogP contribution in [0, 0.1) is 0 Å². The average molecular weight is 353 g/mol. The lowest BCUT2D eigenvalue weighted by atomic mass is 10.2. The smallest absolute Gasteiger partial charge is 0.0366 e. The molecule has 0 radical (unpaired) electrons. The van der Waals surface area contributed by atoms with Gasteiger partial charge in [0.25, 0.3) is 0 Å². The molecule has 2 nitrogen and oxygen atoms in total. The molecule has 1 aromatic heterocycles. The van der Waals surface area contributed by atoms with Gasteiger partial charge in [0.15, 0.2) is 0 Å². The van der Waals surface area contributed by atoms with Crippen LogP contribution in [0.15, 0.2) is 40.2 Å². The Morgan fingerprint density at radius 1 is 1.10 bits per heavy atom. The molecule has 0 bridgehead atoms. The third-order valence-corrected chi connectivity index (χ3v) is 5.01.